The first-order valence-corrected chi connectivity index (χ1v) is 17.5. The lowest BCUT2D eigenvalue weighted by Gasteiger charge is -2.32. The van der Waals surface area contributed by atoms with Gasteiger partial charge in [-0.1, -0.05) is 24.3 Å². The van der Waals surface area contributed by atoms with E-state index in [1.54, 1.807) is 25.3 Å². The van der Waals surface area contributed by atoms with Crippen LogP contribution in [0.25, 0.3) is 22.0 Å². The van der Waals surface area contributed by atoms with Gasteiger partial charge in [0.2, 0.25) is 11.8 Å². The number of aromatic nitrogens is 3. The highest BCUT2D eigenvalue weighted by atomic mass is 19.4. The van der Waals surface area contributed by atoms with Gasteiger partial charge in [0.25, 0.3) is 11.5 Å². The average molecular weight is 771 g/mol. The van der Waals surface area contributed by atoms with Crippen LogP contribution in [0.1, 0.15) is 57.7 Å². The number of rotatable bonds is 9. The first-order chi connectivity index (χ1) is 25.8. The molecule has 2 aromatic heterocycles. The van der Waals surface area contributed by atoms with Gasteiger partial charge in [-0.15, -0.1) is 0 Å². The van der Waals surface area contributed by atoms with Crippen LogP contribution >= 0.6 is 0 Å². The zero-order valence-corrected chi connectivity index (χ0v) is 31.1. The SMILES string of the molecule is COc1ccc(-c2ccc(C[C@H](N)C(=O)N(c3ccc4c(=O)[nH][nH]c4c3)C(=O)[C@H]3CC[C@H](CNC(=O)OC(C)(C)C)CC3)cc2)c(C)n1.O=C(O)C(F)(F)F. The highest BCUT2D eigenvalue weighted by molar-refractivity contribution is 6.17. The Balaban J connectivity index is 0.000000876. The minimum absolute atomic E-state index is 0.190. The molecule has 14 nitrogen and oxygen atoms in total. The largest absolute Gasteiger partial charge is 0.490 e. The molecule has 1 fully saturated rings. The van der Waals surface area contributed by atoms with E-state index in [-0.39, 0.29) is 23.8 Å². The molecule has 6 N–H and O–H groups in total. The van der Waals surface area contributed by atoms with Crippen LogP contribution in [0.2, 0.25) is 0 Å². The number of aromatic amines is 2. The van der Waals surface area contributed by atoms with Crippen LogP contribution < -0.4 is 26.2 Å². The Hall–Kier alpha value is -5.71. The van der Waals surface area contributed by atoms with Gasteiger partial charge in [-0.2, -0.15) is 13.2 Å². The van der Waals surface area contributed by atoms with Crippen molar-refractivity contribution in [2.45, 2.75) is 77.6 Å². The number of hydrogen-bond donors (Lipinski definition) is 5. The average Bonchev–Trinajstić information content (AvgIpc) is 3.50. The Labute approximate surface area is 314 Å². The molecule has 1 atom stereocenters. The molecule has 0 bridgehead atoms. The van der Waals surface area contributed by atoms with Crippen LogP contribution in [0.5, 0.6) is 5.88 Å². The van der Waals surface area contributed by atoms with Crippen molar-refractivity contribution < 1.29 is 46.9 Å². The highest BCUT2D eigenvalue weighted by Gasteiger charge is 2.38. The maximum Gasteiger partial charge on any atom is 0.490 e. The second-order valence-corrected chi connectivity index (χ2v) is 14.2. The first-order valence-electron chi connectivity index (χ1n) is 17.5. The Kier molecular flexibility index (Phi) is 13.5. The second kappa shape index (κ2) is 17.6. The summed E-state index contributed by atoms with van der Waals surface area (Å²) in [6, 6.07) is 15.3. The number of fused-ring (bicyclic) bond motifs is 1. The summed E-state index contributed by atoms with van der Waals surface area (Å²) in [6.07, 6.45) is -2.80. The molecule has 296 valence electrons. The second-order valence-electron chi connectivity index (χ2n) is 14.2. The van der Waals surface area contributed by atoms with Gasteiger partial charge in [0, 0.05) is 29.8 Å². The van der Waals surface area contributed by atoms with E-state index in [1.165, 1.54) is 4.90 Å². The van der Waals surface area contributed by atoms with E-state index < -0.39 is 41.7 Å². The van der Waals surface area contributed by atoms with E-state index in [0.29, 0.717) is 54.7 Å². The number of halogens is 3. The van der Waals surface area contributed by atoms with Crippen molar-refractivity contribution >= 4 is 40.5 Å². The number of alkyl carbamates (subject to hydrolysis) is 1. The third kappa shape index (κ3) is 11.4. The molecule has 3 amide bonds. The molecule has 1 aliphatic rings. The number of pyridine rings is 1. The van der Waals surface area contributed by atoms with E-state index in [1.807, 2.05) is 64.1 Å². The van der Waals surface area contributed by atoms with Crippen molar-refractivity contribution in [1.29, 1.82) is 0 Å². The van der Waals surface area contributed by atoms with Crippen molar-refractivity contribution in [2.75, 3.05) is 18.6 Å². The standard InChI is InChI=1S/C36H44N6O6.C2HF3O2/c1-21-27(16-17-31(39-21)47-5)24-10-6-22(7-11-24)18-29(37)34(45)42(26-14-15-28-30(19-26)40-41-32(28)43)33(44)25-12-8-23(9-13-25)20-38-35(46)48-36(2,3)4;3-2(4,5)1(6)7/h6-7,10-11,14-17,19,23,25,29H,8-9,12-13,18,20,37H2,1-5H3,(H,38,46)(H2,40,41,43);(H,6,7)/t23-,25-,29-;/m0./s1. The van der Waals surface area contributed by atoms with Crippen LogP contribution in [-0.4, -0.2) is 75.6 Å². The number of carboxylic acid groups (broad SMARTS) is 1. The Morgan fingerprint density at radius 3 is 2.20 bits per heavy atom. The number of aryl methyl sites for hydroxylation is 1. The van der Waals surface area contributed by atoms with Gasteiger partial charge >= 0.3 is 18.2 Å². The maximum atomic E-state index is 14.1. The molecule has 17 heteroatoms. The van der Waals surface area contributed by atoms with Crippen LogP contribution in [0.4, 0.5) is 23.7 Å². The normalized spacial score (nSPS) is 16.3. The van der Waals surface area contributed by atoms with Gasteiger partial charge in [-0.25, -0.2) is 19.5 Å². The number of carbonyl (C=O) groups is 4. The summed E-state index contributed by atoms with van der Waals surface area (Å²) < 4.78 is 42.3. The molecule has 0 unspecified atom stereocenters. The summed E-state index contributed by atoms with van der Waals surface area (Å²) in [6.45, 7) is 7.80. The molecule has 55 heavy (non-hydrogen) atoms. The van der Waals surface area contributed by atoms with Crippen molar-refractivity contribution in [1.82, 2.24) is 20.5 Å². The Bertz CT molecular complexity index is 2050. The van der Waals surface area contributed by atoms with E-state index >= 15 is 0 Å². The monoisotopic (exact) mass is 770 g/mol. The predicted molar refractivity (Wildman–Crippen MR) is 197 cm³/mol. The van der Waals surface area contributed by atoms with Gasteiger partial charge in [-0.3, -0.25) is 24.6 Å². The van der Waals surface area contributed by atoms with Gasteiger partial charge < -0.3 is 25.6 Å². The van der Waals surface area contributed by atoms with Crippen LogP contribution in [0, 0.1) is 18.8 Å². The number of nitrogens with two attached hydrogens (primary N) is 1. The molecule has 1 aliphatic carbocycles. The lowest BCUT2D eigenvalue weighted by Crippen LogP contribution is -2.50. The molecular weight excluding hydrogens is 725 g/mol. The molecule has 0 spiro atoms. The number of imide groups is 1. The molecule has 2 aromatic carbocycles. The summed E-state index contributed by atoms with van der Waals surface area (Å²) >= 11 is 0. The van der Waals surface area contributed by atoms with Crippen LogP contribution in [0.15, 0.2) is 59.4 Å². The third-order valence-electron chi connectivity index (χ3n) is 8.94. The number of H-pyrrole nitrogens is 2. The lowest BCUT2D eigenvalue weighted by molar-refractivity contribution is -0.192. The summed E-state index contributed by atoms with van der Waals surface area (Å²) in [5.74, 6) is -3.28. The number of nitrogens with zero attached hydrogens (tertiary/aromatic N) is 2. The molecule has 5 rings (SSSR count). The van der Waals surface area contributed by atoms with E-state index in [2.05, 4.69) is 20.5 Å². The van der Waals surface area contributed by atoms with Crippen molar-refractivity contribution in [3.63, 3.8) is 0 Å². The molecule has 4 aromatic rings. The smallest absolute Gasteiger partial charge is 0.481 e. The minimum atomic E-state index is -5.08. The molecular formula is C38H45F3N6O8. The van der Waals surface area contributed by atoms with E-state index in [0.717, 1.165) is 22.4 Å². The van der Waals surface area contributed by atoms with Crippen molar-refractivity contribution in [3.8, 4) is 17.0 Å². The summed E-state index contributed by atoms with van der Waals surface area (Å²) in [5.41, 5.74) is 10.1. The number of carboxylic acids is 1. The summed E-state index contributed by atoms with van der Waals surface area (Å²) in [5, 5.41) is 15.7. The van der Waals surface area contributed by atoms with Gasteiger partial charge in [0.05, 0.1) is 29.7 Å². The van der Waals surface area contributed by atoms with Gasteiger partial charge in [-0.05, 0) is 101 Å². The molecule has 1 saturated carbocycles. The van der Waals surface area contributed by atoms with Crippen LogP contribution in [-0.2, 0) is 25.5 Å². The topological polar surface area (TPSA) is 210 Å². The summed E-state index contributed by atoms with van der Waals surface area (Å²) in [4.78, 5) is 67.0. The molecule has 0 radical (unpaired) electrons. The fraction of sp³-hybridized carbons (Fsp3) is 0.421. The summed E-state index contributed by atoms with van der Waals surface area (Å²) in [7, 11) is 1.58. The van der Waals surface area contributed by atoms with Gasteiger partial charge in [0.15, 0.2) is 0 Å². The number of methoxy groups -OCH3 is 1. The predicted octanol–water partition coefficient (Wildman–Crippen LogP) is 5.63. The number of amides is 3. The Morgan fingerprint density at radius 1 is 1.00 bits per heavy atom. The number of hydrogen-bond acceptors (Lipinski definition) is 9. The van der Waals surface area contributed by atoms with E-state index in [4.69, 9.17) is 25.1 Å². The van der Waals surface area contributed by atoms with Gasteiger partial charge in [0.1, 0.15) is 5.60 Å². The fourth-order valence-electron chi connectivity index (χ4n) is 6.15. The first kappa shape index (κ1) is 42.0. The Morgan fingerprint density at radius 2 is 1.64 bits per heavy atom. The van der Waals surface area contributed by atoms with Crippen molar-refractivity contribution in [2.24, 2.45) is 17.6 Å². The zero-order valence-electron chi connectivity index (χ0n) is 31.1. The molecule has 0 aliphatic heterocycles. The van der Waals surface area contributed by atoms with Crippen molar-refractivity contribution in [3.05, 3.63) is 76.2 Å². The molecule has 2 heterocycles. The molecule has 0 saturated heterocycles. The number of alkyl halides is 3. The number of ether oxygens (including phenoxy) is 2. The van der Waals surface area contributed by atoms with Crippen LogP contribution in [0.3, 0.4) is 0 Å². The highest BCUT2D eigenvalue weighted by Crippen LogP contribution is 2.32. The minimum Gasteiger partial charge on any atom is -0.481 e. The number of nitrogens with one attached hydrogen (secondary N) is 3. The quantitative estimate of drug-likeness (QED) is 0.142. The van der Waals surface area contributed by atoms with E-state index in [9.17, 15) is 32.3 Å². The number of benzene rings is 2. The number of anilines is 1. The third-order valence-corrected chi connectivity index (χ3v) is 8.94. The number of aliphatic carboxylic acids is 1. The number of carbonyl (C=O) groups excluding carboxylic acids is 3. The maximum absolute atomic E-state index is 14.1. The zero-order chi connectivity index (χ0) is 40.7. The fourth-order valence-corrected chi connectivity index (χ4v) is 6.15. The lowest BCUT2D eigenvalue weighted by atomic mass is 9.81.